The number of methoxy groups -OCH3 is 1. The van der Waals surface area contributed by atoms with E-state index in [2.05, 4.69) is 26.8 Å². The Kier molecular flexibility index (Phi) is 6.31. The molecule has 0 radical (unpaired) electrons. The first-order chi connectivity index (χ1) is 11.6. The highest BCUT2D eigenvalue weighted by atomic mass is 16.5. The summed E-state index contributed by atoms with van der Waals surface area (Å²) in [5, 5.41) is 0.882. The molecule has 3 rings (SSSR count). The van der Waals surface area contributed by atoms with Gasteiger partial charge in [0.05, 0.1) is 25.8 Å². The molecule has 0 spiro atoms. The first kappa shape index (κ1) is 18.4. The van der Waals surface area contributed by atoms with Crippen LogP contribution in [0.4, 0.5) is 5.82 Å². The lowest BCUT2D eigenvalue weighted by molar-refractivity contribution is 0.129. The van der Waals surface area contributed by atoms with E-state index in [9.17, 15) is 0 Å². The maximum atomic E-state index is 5.64. The number of rotatable bonds is 2. The van der Waals surface area contributed by atoms with E-state index in [0.717, 1.165) is 47.9 Å². The Morgan fingerprint density at radius 3 is 2.67 bits per heavy atom. The zero-order valence-electron chi connectivity index (χ0n) is 15.6. The van der Waals surface area contributed by atoms with Gasteiger partial charge in [-0.2, -0.15) is 0 Å². The summed E-state index contributed by atoms with van der Waals surface area (Å²) < 4.78 is 11.1. The van der Waals surface area contributed by atoms with Gasteiger partial charge in [-0.15, -0.1) is 0 Å². The van der Waals surface area contributed by atoms with Gasteiger partial charge in [0.1, 0.15) is 17.0 Å². The lowest BCUT2D eigenvalue weighted by atomic mass is 10.1. The van der Waals surface area contributed by atoms with Crippen molar-refractivity contribution < 1.29 is 9.47 Å². The van der Waals surface area contributed by atoms with Crippen LogP contribution in [0.3, 0.4) is 0 Å². The minimum atomic E-state index is 0.456. The number of aromatic nitrogens is 3. The van der Waals surface area contributed by atoms with Crippen molar-refractivity contribution in [2.45, 2.75) is 34.6 Å². The SMILES string of the molecule is CC.COc1nc(C)cc2nc(C)nc(N3CCOCC(C)C3)c12. The van der Waals surface area contributed by atoms with Gasteiger partial charge in [0.25, 0.3) is 0 Å². The first-order valence-corrected chi connectivity index (χ1v) is 8.61. The molecule has 1 unspecified atom stereocenters. The van der Waals surface area contributed by atoms with Crippen molar-refractivity contribution in [3.8, 4) is 5.88 Å². The van der Waals surface area contributed by atoms with E-state index in [1.807, 2.05) is 33.8 Å². The summed E-state index contributed by atoms with van der Waals surface area (Å²) in [4.78, 5) is 16.0. The number of hydrogen-bond acceptors (Lipinski definition) is 6. The molecule has 132 valence electrons. The summed E-state index contributed by atoms with van der Waals surface area (Å²) in [5.41, 5.74) is 1.77. The molecule has 3 heterocycles. The van der Waals surface area contributed by atoms with Crippen LogP contribution >= 0.6 is 0 Å². The Bertz CT molecular complexity index is 685. The standard InChI is InChI=1S/C16H22N4O2.C2H6/c1-10-8-20(5-6-22-9-10)15-14-13(18-12(3)19-15)7-11(2)17-16(14)21-4;1-2/h7,10H,5-6,8-9H2,1-4H3;1-2H3. The van der Waals surface area contributed by atoms with Crippen molar-refractivity contribution in [2.24, 2.45) is 5.92 Å². The molecule has 24 heavy (non-hydrogen) atoms. The summed E-state index contributed by atoms with van der Waals surface area (Å²) in [6.45, 7) is 13.3. The first-order valence-electron chi connectivity index (χ1n) is 8.61. The van der Waals surface area contributed by atoms with Crippen molar-refractivity contribution in [3.05, 3.63) is 17.6 Å². The van der Waals surface area contributed by atoms with Crippen LogP contribution in [0.1, 0.15) is 32.3 Å². The highest BCUT2D eigenvalue weighted by Crippen LogP contribution is 2.32. The van der Waals surface area contributed by atoms with Crippen LogP contribution in [0, 0.1) is 19.8 Å². The van der Waals surface area contributed by atoms with Gasteiger partial charge >= 0.3 is 0 Å². The third-order valence-electron chi connectivity index (χ3n) is 3.80. The predicted molar refractivity (Wildman–Crippen MR) is 96.9 cm³/mol. The number of anilines is 1. The Hall–Kier alpha value is -1.95. The van der Waals surface area contributed by atoms with E-state index in [4.69, 9.17) is 9.47 Å². The third kappa shape index (κ3) is 3.93. The molecule has 0 bridgehead atoms. The lowest BCUT2D eigenvalue weighted by Crippen LogP contribution is -2.30. The van der Waals surface area contributed by atoms with E-state index in [-0.39, 0.29) is 0 Å². The molecule has 6 nitrogen and oxygen atoms in total. The van der Waals surface area contributed by atoms with Gasteiger partial charge < -0.3 is 14.4 Å². The number of pyridine rings is 1. The van der Waals surface area contributed by atoms with Crippen LogP contribution < -0.4 is 9.64 Å². The van der Waals surface area contributed by atoms with Gasteiger partial charge in [-0.3, -0.25) is 0 Å². The van der Waals surface area contributed by atoms with E-state index in [1.54, 1.807) is 7.11 Å². The van der Waals surface area contributed by atoms with Crippen LogP contribution in [0.25, 0.3) is 10.9 Å². The second-order valence-electron chi connectivity index (χ2n) is 5.89. The van der Waals surface area contributed by atoms with Gasteiger partial charge in [-0.25, -0.2) is 15.0 Å². The molecule has 0 aromatic carbocycles. The third-order valence-corrected chi connectivity index (χ3v) is 3.80. The minimum absolute atomic E-state index is 0.456. The second-order valence-corrected chi connectivity index (χ2v) is 5.89. The fourth-order valence-electron chi connectivity index (χ4n) is 2.88. The van der Waals surface area contributed by atoms with Crippen LogP contribution in [-0.2, 0) is 4.74 Å². The Labute approximate surface area is 144 Å². The molecule has 0 aliphatic carbocycles. The minimum Gasteiger partial charge on any atom is -0.480 e. The second kappa shape index (κ2) is 8.24. The number of ether oxygens (including phenoxy) is 2. The average molecular weight is 332 g/mol. The highest BCUT2D eigenvalue weighted by molar-refractivity contribution is 5.94. The quantitative estimate of drug-likeness (QED) is 0.842. The molecule has 6 heteroatoms. The van der Waals surface area contributed by atoms with Crippen LogP contribution in [-0.4, -0.2) is 48.4 Å². The smallest absolute Gasteiger partial charge is 0.226 e. The number of hydrogen-bond donors (Lipinski definition) is 0. The zero-order chi connectivity index (χ0) is 17.7. The highest BCUT2D eigenvalue weighted by Gasteiger charge is 2.22. The van der Waals surface area contributed by atoms with E-state index < -0.39 is 0 Å². The molecule has 1 saturated heterocycles. The molecule has 1 atom stereocenters. The molecule has 1 fully saturated rings. The van der Waals surface area contributed by atoms with E-state index in [1.165, 1.54) is 0 Å². The summed E-state index contributed by atoms with van der Waals surface area (Å²) >= 11 is 0. The van der Waals surface area contributed by atoms with Gasteiger partial charge in [0.15, 0.2) is 0 Å². The van der Waals surface area contributed by atoms with Crippen LogP contribution in [0.15, 0.2) is 6.07 Å². The van der Waals surface area contributed by atoms with Gasteiger partial charge in [0, 0.05) is 18.8 Å². The van der Waals surface area contributed by atoms with Gasteiger partial charge in [0.2, 0.25) is 5.88 Å². The molecule has 0 N–H and O–H groups in total. The fourth-order valence-corrected chi connectivity index (χ4v) is 2.88. The van der Waals surface area contributed by atoms with Crippen molar-refractivity contribution in [1.82, 2.24) is 15.0 Å². The Morgan fingerprint density at radius 2 is 1.96 bits per heavy atom. The number of nitrogens with zero attached hydrogens (tertiary/aromatic N) is 4. The molecular weight excluding hydrogens is 304 g/mol. The van der Waals surface area contributed by atoms with E-state index in [0.29, 0.717) is 18.4 Å². The van der Waals surface area contributed by atoms with Crippen LogP contribution in [0.5, 0.6) is 5.88 Å². The Balaban J connectivity index is 0.00000100. The molecule has 1 aliphatic rings. The summed E-state index contributed by atoms with van der Waals surface area (Å²) in [6, 6.07) is 1.98. The lowest BCUT2D eigenvalue weighted by Gasteiger charge is -2.25. The molecule has 1 aliphatic heterocycles. The van der Waals surface area contributed by atoms with E-state index >= 15 is 0 Å². The molecule has 0 saturated carbocycles. The van der Waals surface area contributed by atoms with Crippen molar-refractivity contribution in [1.29, 1.82) is 0 Å². The summed E-state index contributed by atoms with van der Waals surface area (Å²) in [5.74, 6) is 2.69. The maximum Gasteiger partial charge on any atom is 0.226 e. The molecular formula is C18H28N4O2. The Morgan fingerprint density at radius 1 is 1.21 bits per heavy atom. The molecule has 2 aromatic rings. The van der Waals surface area contributed by atoms with Crippen molar-refractivity contribution >= 4 is 16.7 Å². The fraction of sp³-hybridized carbons (Fsp3) is 0.611. The average Bonchev–Trinajstić information content (AvgIpc) is 2.79. The largest absolute Gasteiger partial charge is 0.480 e. The zero-order valence-corrected chi connectivity index (χ0v) is 15.6. The van der Waals surface area contributed by atoms with Crippen molar-refractivity contribution in [3.63, 3.8) is 0 Å². The van der Waals surface area contributed by atoms with Gasteiger partial charge in [-0.1, -0.05) is 20.8 Å². The summed E-state index contributed by atoms with van der Waals surface area (Å²) in [6.07, 6.45) is 0. The molecule has 0 amide bonds. The number of fused-ring (bicyclic) bond motifs is 1. The monoisotopic (exact) mass is 332 g/mol. The molecule has 2 aromatic heterocycles. The van der Waals surface area contributed by atoms with Crippen LogP contribution in [0.2, 0.25) is 0 Å². The predicted octanol–water partition coefficient (Wildman–Crippen LogP) is 3.15. The maximum absolute atomic E-state index is 5.64. The normalized spacial score (nSPS) is 17.9. The van der Waals surface area contributed by atoms with Gasteiger partial charge in [-0.05, 0) is 25.8 Å². The topological polar surface area (TPSA) is 60.4 Å². The summed E-state index contributed by atoms with van der Waals surface area (Å²) in [7, 11) is 1.64. The number of aryl methyl sites for hydroxylation is 2. The van der Waals surface area contributed by atoms with Crippen molar-refractivity contribution in [2.75, 3.05) is 38.3 Å².